The predicted octanol–water partition coefficient (Wildman–Crippen LogP) is 2.97. The number of hydrogen-bond acceptors (Lipinski definition) is 3. The second-order valence-electron chi connectivity index (χ2n) is 6.37. The summed E-state index contributed by atoms with van der Waals surface area (Å²) in [4.78, 5) is 0. The normalized spacial score (nSPS) is 21.3. The Morgan fingerprint density at radius 2 is 1.70 bits per heavy atom. The van der Waals surface area contributed by atoms with Crippen LogP contribution in [0.25, 0.3) is 6.08 Å². The highest BCUT2D eigenvalue weighted by Gasteiger charge is 2.52. The zero-order valence-electron chi connectivity index (χ0n) is 13.1. The van der Waals surface area contributed by atoms with Crippen LogP contribution < -0.4 is 5.73 Å². The lowest BCUT2D eigenvalue weighted by Gasteiger charge is -2.32. The first-order valence-corrected chi connectivity index (χ1v) is 7.08. The number of nitrogens with two attached hydrogens (primary N) is 1. The van der Waals surface area contributed by atoms with Crippen molar-refractivity contribution in [3.05, 3.63) is 40.9 Å². The van der Waals surface area contributed by atoms with Crippen molar-refractivity contribution in [3.8, 4) is 0 Å². The zero-order chi connectivity index (χ0) is 15.0. The molecule has 1 aliphatic rings. The summed E-state index contributed by atoms with van der Waals surface area (Å²) < 4.78 is 12.1. The molecule has 1 aromatic carbocycles. The lowest BCUT2D eigenvalue weighted by Crippen LogP contribution is -2.41. The molecule has 1 fully saturated rings. The fourth-order valence-corrected chi connectivity index (χ4v) is 2.17. The third-order valence-electron chi connectivity index (χ3n) is 4.32. The maximum atomic E-state index is 6.06. The van der Waals surface area contributed by atoms with Crippen LogP contribution in [0.4, 0.5) is 0 Å². The van der Waals surface area contributed by atoms with Crippen LogP contribution in [0.2, 0.25) is 0 Å². The maximum absolute atomic E-state index is 6.06. The van der Waals surface area contributed by atoms with Gasteiger partial charge in [0.1, 0.15) is 0 Å². The number of hydrogen-bond donors (Lipinski definition) is 1. The molecule has 4 heteroatoms. The Morgan fingerprint density at radius 1 is 1.15 bits per heavy atom. The lowest BCUT2D eigenvalue weighted by atomic mass is 9.77. The van der Waals surface area contributed by atoms with Crippen LogP contribution in [-0.4, -0.2) is 24.9 Å². The van der Waals surface area contributed by atoms with E-state index >= 15 is 0 Å². The van der Waals surface area contributed by atoms with Gasteiger partial charge in [-0.2, -0.15) is 0 Å². The number of aryl methyl sites for hydroxylation is 1. The Bertz CT molecular complexity index is 507. The fourth-order valence-electron chi connectivity index (χ4n) is 2.17. The molecule has 0 aromatic heterocycles. The molecule has 3 nitrogen and oxygen atoms in total. The van der Waals surface area contributed by atoms with Gasteiger partial charge in [0.25, 0.3) is 0 Å². The monoisotopic (exact) mass is 273 g/mol. The molecular formula is C16H24BNO2. The molecular weight excluding hydrogens is 249 g/mol. The van der Waals surface area contributed by atoms with Crippen LogP contribution in [0.15, 0.2) is 29.7 Å². The first-order valence-electron chi connectivity index (χ1n) is 7.08. The summed E-state index contributed by atoms with van der Waals surface area (Å²) >= 11 is 0. The van der Waals surface area contributed by atoms with Crippen molar-refractivity contribution in [1.29, 1.82) is 0 Å². The van der Waals surface area contributed by atoms with Gasteiger partial charge in [0, 0.05) is 6.54 Å². The highest BCUT2D eigenvalue weighted by Crippen LogP contribution is 2.38. The van der Waals surface area contributed by atoms with Gasteiger partial charge >= 0.3 is 7.12 Å². The predicted molar refractivity (Wildman–Crippen MR) is 84.3 cm³/mol. The molecule has 0 aliphatic carbocycles. The van der Waals surface area contributed by atoms with Crippen molar-refractivity contribution < 1.29 is 9.31 Å². The van der Waals surface area contributed by atoms with E-state index in [4.69, 9.17) is 15.0 Å². The molecule has 108 valence electrons. The Morgan fingerprint density at radius 3 is 2.20 bits per heavy atom. The van der Waals surface area contributed by atoms with Gasteiger partial charge in [0.2, 0.25) is 0 Å². The Balaban J connectivity index is 2.29. The molecule has 0 spiro atoms. The first kappa shape index (κ1) is 15.3. The van der Waals surface area contributed by atoms with Crippen molar-refractivity contribution >= 4 is 13.2 Å². The Labute approximate surface area is 122 Å². The van der Waals surface area contributed by atoms with E-state index in [2.05, 4.69) is 52.8 Å². The first-order chi connectivity index (χ1) is 9.27. The summed E-state index contributed by atoms with van der Waals surface area (Å²) in [7, 11) is -0.371. The van der Waals surface area contributed by atoms with E-state index in [1.807, 2.05) is 12.1 Å². The molecule has 2 rings (SSSR count). The van der Waals surface area contributed by atoms with Gasteiger partial charge in [0.15, 0.2) is 0 Å². The van der Waals surface area contributed by atoms with Gasteiger partial charge in [-0.3, -0.25) is 0 Å². The standard InChI is InChI=1S/C16H24BNO2/c1-12-8-6-7-9-13(12)10-14(11-18)17-19-15(2,3)16(4,5)20-17/h6-10H,11,18H2,1-5H3. The fraction of sp³-hybridized carbons (Fsp3) is 0.500. The van der Waals surface area contributed by atoms with Gasteiger partial charge in [-0.15, -0.1) is 0 Å². The molecule has 1 heterocycles. The quantitative estimate of drug-likeness (QED) is 0.861. The minimum atomic E-state index is -0.371. The van der Waals surface area contributed by atoms with Crippen LogP contribution in [0.3, 0.4) is 0 Å². The van der Waals surface area contributed by atoms with Crippen LogP contribution in [-0.2, 0) is 9.31 Å². The van der Waals surface area contributed by atoms with Gasteiger partial charge in [-0.25, -0.2) is 0 Å². The number of rotatable bonds is 3. The minimum Gasteiger partial charge on any atom is -0.400 e. The van der Waals surface area contributed by atoms with Crippen LogP contribution in [0, 0.1) is 6.92 Å². The van der Waals surface area contributed by atoms with Gasteiger partial charge in [0.05, 0.1) is 11.2 Å². The summed E-state index contributed by atoms with van der Waals surface area (Å²) in [6.07, 6.45) is 2.08. The Kier molecular flexibility index (Phi) is 4.10. The van der Waals surface area contributed by atoms with E-state index in [9.17, 15) is 0 Å². The highest BCUT2D eigenvalue weighted by molar-refractivity contribution is 6.55. The van der Waals surface area contributed by atoms with Crippen LogP contribution >= 0.6 is 0 Å². The molecule has 2 N–H and O–H groups in total. The minimum absolute atomic E-state index is 0.336. The van der Waals surface area contributed by atoms with Gasteiger partial charge in [-0.05, 0) is 51.2 Å². The van der Waals surface area contributed by atoms with E-state index < -0.39 is 0 Å². The average molecular weight is 273 g/mol. The van der Waals surface area contributed by atoms with E-state index in [0.29, 0.717) is 6.54 Å². The summed E-state index contributed by atoms with van der Waals surface area (Å²) in [6, 6.07) is 8.22. The number of benzene rings is 1. The van der Waals surface area contributed by atoms with Crippen molar-refractivity contribution in [3.63, 3.8) is 0 Å². The molecule has 1 aromatic rings. The average Bonchev–Trinajstić information content (AvgIpc) is 2.57. The van der Waals surface area contributed by atoms with E-state index in [0.717, 1.165) is 11.0 Å². The molecule has 0 saturated carbocycles. The van der Waals surface area contributed by atoms with Crippen LogP contribution in [0.5, 0.6) is 0 Å². The Hall–Kier alpha value is -1.10. The second-order valence-corrected chi connectivity index (χ2v) is 6.37. The van der Waals surface area contributed by atoms with E-state index in [1.165, 1.54) is 5.56 Å². The molecule has 0 atom stereocenters. The third kappa shape index (κ3) is 2.83. The van der Waals surface area contributed by atoms with Crippen molar-refractivity contribution in [2.45, 2.75) is 45.8 Å². The lowest BCUT2D eigenvalue weighted by molar-refractivity contribution is 0.00578. The molecule has 0 radical (unpaired) electrons. The van der Waals surface area contributed by atoms with Crippen molar-refractivity contribution in [1.82, 2.24) is 0 Å². The summed E-state index contributed by atoms with van der Waals surface area (Å²) in [5.74, 6) is 0. The largest absolute Gasteiger partial charge is 0.491 e. The van der Waals surface area contributed by atoms with E-state index in [-0.39, 0.29) is 18.3 Å². The van der Waals surface area contributed by atoms with E-state index in [1.54, 1.807) is 0 Å². The molecule has 0 bridgehead atoms. The molecule has 0 amide bonds. The maximum Gasteiger partial charge on any atom is 0.491 e. The summed E-state index contributed by atoms with van der Waals surface area (Å²) in [6.45, 7) is 10.7. The molecule has 1 aliphatic heterocycles. The summed E-state index contributed by atoms with van der Waals surface area (Å²) in [5.41, 5.74) is 8.57. The zero-order valence-corrected chi connectivity index (χ0v) is 13.1. The summed E-state index contributed by atoms with van der Waals surface area (Å²) in [5, 5.41) is 0. The molecule has 1 saturated heterocycles. The molecule has 20 heavy (non-hydrogen) atoms. The molecule has 0 unspecified atom stereocenters. The SMILES string of the molecule is Cc1ccccc1C=C(CN)B1OC(C)(C)C(C)(C)O1. The smallest absolute Gasteiger partial charge is 0.400 e. The van der Waals surface area contributed by atoms with Crippen LogP contribution in [0.1, 0.15) is 38.8 Å². The van der Waals surface area contributed by atoms with Gasteiger partial charge < -0.3 is 15.0 Å². The topological polar surface area (TPSA) is 44.5 Å². The van der Waals surface area contributed by atoms with Gasteiger partial charge in [-0.1, -0.05) is 30.3 Å². The third-order valence-corrected chi connectivity index (χ3v) is 4.32. The van der Waals surface area contributed by atoms with Crippen molar-refractivity contribution in [2.75, 3.05) is 6.54 Å². The van der Waals surface area contributed by atoms with Crippen molar-refractivity contribution in [2.24, 2.45) is 5.73 Å². The highest BCUT2D eigenvalue weighted by atomic mass is 16.7. The second kappa shape index (κ2) is 5.36.